The van der Waals surface area contributed by atoms with Gasteiger partial charge in [0, 0.05) is 12.1 Å². The van der Waals surface area contributed by atoms with E-state index in [1.807, 2.05) is 56.9 Å². The molecule has 1 fully saturated rings. The molecule has 1 amide bonds. The maximum atomic E-state index is 12.9. The van der Waals surface area contributed by atoms with Crippen LogP contribution in [0.1, 0.15) is 44.7 Å². The Morgan fingerprint density at radius 1 is 1.38 bits per heavy atom. The van der Waals surface area contributed by atoms with Crippen LogP contribution in [0.4, 0.5) is 4.79 Å². The normalized spacial score (nSPS) is 23.0. The van der Waals surface area contributed by atoms with Crippen LogP contribution in [-0.2, 0) is 10.3 Å². The van der Waals surface area contributed by atoms with Gasteiger partial charge in [-0.3, -0.25) is 4.90 Å². The molecule has 1 spiro atoms. The van der Waals surface area contributed by atoms with E-state index in [-0.39, 0.29) is 6.09 Å². The van der Waals surface area contributed by atoms with Crippen molar-refractivity contribution in [2.75, 3.05) is 6.54 Å². The summed E-state index contributed by atoms with van der Waals surface area (Å²) < 4.78 is 11.4. The number of benzene rings is 1. The minimum Gasteiger partial charge on any atom is -0.465 e. The van der Waals surface area contributed by atoms with E-state index in [2.05, 4.69) is 6.58 Å². The number of hydrogen-bond acceptors (Lipinski definition) is 3. The fourth-order valence-electron chi connectivity index (χ4n) is 3.39. The smallest absolute Gasteiger partial charge is 0.411 e. The number of fused-ring (bicyclic) bond motifs is 2. The molecule has 1 aromatic rings. The quantitative estimate of drug-likeness (QED) is 0.649. The van der Waals surface area contributed by atoms with E-state index in [9.17, 15) is 4.79 Å². The predicted molar refractivity (Wildman–Crippen MR) is 93.9 cm³/mol. The van der Waals surface area contributed by atoms with Crippen molar-refractivity contribution in [2.45, 2.75) is 51.7 Å². The van der Waals surface area contributed by atoms with E-state index >= 15 is 0 Å². The number of carbonyl (C=O) groups is 1. The summed E-state index contributed by atoms with van der Waals surface area (Å²) in [5.41, 5.74) is 2.13. The number of piperidine rings is 1. The Morgan fingerprint density at radius 3 is 2.83 bits per heavy atom. The second-order valence-corrected chi connectivity index (χ2v) is 7.65. The topological polar surface area (TPSA) is 38.8 Å². The Balaban J connectivity index is 2.07. The van der Waals surface area contributed by atoms with Gasteiger partial charge >= 0.3 is 6.09 Å². The van der Waals surface area contributed by atoms with Crippen LogP contribution >= 0.6 is 0 Å². The van der Waals surface area contributed by atoms with Crippen LogP contribution in [-0.4, -0.2) is 23.1 Å². The summed E-state index contributed by atoms with van der Waals surface area (Å²) in [7, 11) is 0. The molecule has 4 heteroatoms. The second-order valence-electron chi connectivity index (χ2n) is 7.65. The lowest BCUT2D eigenvalue weighted by atomic mass is 9.77. The summed E-state index contributed by atoms with van der Waals surface area (Å²) in [4.78, 5) is 14.7. The number of hydrogen-bond donors (Lipinski definition) is 0. The molecule has 0 radical (unpaired) electrons. The van der Waals surface area contributed by atoms with E-state index in [0.717, 1.165) is 28.9 Å². The summed E-state index contributed by atoms with van der Waals surface area (Å²) in [5, 5.41) is 0. The molecule has 1 atom stereocenters. The number of likely N-dealkylation sites (tertiary alicyclic amines) is 1. The van der Waals surface area contributed by atoms with Crippen molar-refractivity contribution in [1.82, 2.24) is 4.90 Å². The molecule has 1 aromatic carbocycles. The molecule has 128 valence electrons. The lowest BCUT2D eigenvalue weighted by Gasteiger charge is -2.47. The zero-order valence-electron chi connectivity index (χ0n) is 14.9. The number of aryl methyl sites for hydroxylation is 1. The van der Waals surface area contributed by atoms with Gasteiger partial charge < -0.3 is 9.47 Å². The summed E-state index contributed by atoms with van der Waals surface area (Å²) in [6, 6.07) is 6.10. The van der Waals surface area contributed by atoms with Crippen molar-refractivity contribution in [2.24, 2.45) is 0 Å². The van der Waals surface area contributed by atoms with E-state index in [1.54, 1.807) is 6.26 Å². The van der Waals surface area contributed by atoms with E-state index in [0.29, 0.717) is 13.0 Å². The highest BCUT2D eigenvalue weighted by Crippen LogP contribution is 2.47. The Labute approximate surface area is 143 Å². The lowest BCUT2D eigenvalue weighted by Crippen LogP contribution is -2.53. The largest absolute Gasteiger partial charge is 0.465 e. The summed E-state index contributed by atoms with van der Waals surface area (Å²) in [6.45, 7) is 12.4. The second kappa shape index (κ2) is 5.69. The first-order chi connectivity index (χ1) is 11.2. The van der Waals surface area contributed by atoms with Gasteiger partial charge in [-0.1, -0.05) is 24.3 Å². The Morgan fingerprint density at radius 2 is 2.12 bits per heavy atom. The molecule has 0 aromatic heterocycles. The van der Waals surface area contributed by atoms with E-state index in [1.165, 1.54) is 0 Å². The highest BCUT2D eigenvalue weighted by molar-refractivity contribution is 5.71. The number of ether oxygens (including phenoxy) is 2. The Bertz CT molecular complexity index is 714. The van der Waals surface area contributed by atoms with E-state index < -0.39 is 11.1 Å². The van der Waals surface area contributed by atoms with Crippen LogP contribution in [0.3, 0.4) is 0 Å². The van der Waals surface area contributed by atoms with Crippen molar-refractivity contribution in [3.8, 4) is 5.75 Å². The molecule has 0 unspecified atom stereocenters. The lowest BCUT2D eigenvalue weighted by molar-refractivity contribution is -0.00124. The molecule has 0 bridgehead atoms. The summed E-state index contributed by atoms with van der Waals surface area (Å²) in [6.07, 6.45) is 4.81. The van der Waals surface area contributed by atoms with Gasteiger partial charge in [0.05, 0.1) is 6.26 Å². The minimum atomic E-state index is -0.584. The summed E-state index contributed by atoms with van der Waals surface area (Å²) >= 11 is 0. The van der Waals surface area contributed by atoms with Gasteiger partial charge in [0.15, 0.2) is 0 Å². The maximum absolute atomic E-state index is 12.9. The minimum absolute atomic E-state index is 0.298. The molecule has 3 rings (SSSR count). The van der Waals surface area contributed by atoms with Gasteiger partial charge in [-0.15, -0.1) is 0 Å². The van der Waals surface area contributed by atoms with Crippen LogP contribution in [0.5, 0.6) is 5.75 Å². The molecule has 2 heterocycles. The van der Waals surface area contributed by atoms with Crippen LogP contribution in [0.25, 0.3) is 0 Å². The van der Waals surface area contributed by atoms with Gasteiger partial charge in [0.2, 0.25) is 0 Å². The van der Waals surface area contributed by atoms with Crippen molar-refractivity contribution >= 4 is 6.09 Å². The van der Waals surface area contributed by atoms with Crippen molar-refractivity contribution < 1.29 is 14.3 Å². The molecular formula is C20H25NO3. The molecule has 24 heavy (non-hydrogen) atoms. The van der Waals surface area contributed by atoms with Crippen molar-refractivity contribution in [1.29, 1.82) is 0 Å². The number of amides is 1. The molecule has 1 saturated heterocycles. The van der Waals surface area contributed by atoms with Crippen LogP contribution < -0.4 is 4.74 Å². The fourth-order valence-corrected chi connectivity index (χ4v) is 3.39. The van der Waals surface area contributed by atoms with Gasteiger partial charge in [-0.2, -0.15) is 0 Å². The van der Waals surface area contributed by atoms with Gasteiger partial charge in [-0.25, -0.2) is 4.79 Å². The zero-order valence-corrected chi connectivity index (χ0v) is 14.9. The Kier molecular flexibility index (Phi) is 3.94. The van der Waals surface area contributed by atoms with Crippen LogP contribution in [0.15, 0.2) is 42.7 Å². The first-order valence-corrected chi connectivity index (χ1v) is 8.34. The molecular weight excluding hydrogens is 302 g/mol. The van der Waals surface area contributed by atoms with Crippen LogP contribution in [0, 0.1) is 6.92 Å². The number of nitrogens with zero attached hydrogens (tertiary/aromatic N) is 1. The molecule has 0 aliphatic carbocycles. The molecule has 0 N–H and O–H groups in total. The SMILES string of the molecule is C=C1CCN(C(=O)OC(C)(C)C)[C@@]2(C=COc3cc(C)ccc32)C1. The zero-order chi connectivity index (χ0) is 17.5. The Hall–Kier alpha value is -2.23. The molecule has 4 nitrogen and oxygen atoms in total. The number of carbonyl (C=O) groups excluding carboxylic acids is 1. The first-order valence-electron chi connectivity index (χ1n) is 8.34. The van der Waals surface area contributed by atoms with Gasteiger partial charge in [0.25, 0.3) is 0 Å². The first kappa shape index (κ1) is 16.6. The summed E-state index contributed by atoms with van der Waals surface area (Å²) in [5.74, 6) is 0.792. The van der Waals surface area contributed by atoms with Crippen molar-refractivity contribution in [3.63, 3.8) is 0 Å². The monoisotopic (exact) mass is 327 g/mol. The fraction of sp³-hybridized carbons (Fsp3) is 0.450. The highest BCUT2D eigenvalue weighted by Gasteiger charge is 2.46. The van der Waals surface area contributed by atoms with Crippen LogP contribution in [0.2, 0.25) is 0 Å². The van der Waals surface area contributed by atoms with Crippen molar-refractivity contribution in [3.05, 3.63) is 53.8 Å². The van der Waals surface area contributed by atoms with E-state index in [4.69, 9.17) is 9.47 Å². The van der Waals surface area contributed by atoms with Gasteiger partial charge in [-0.05, 0) is 58.2 Å². The predicted octanol–water partition coefficient (Wildman–Crippen LogP) is 4.68. The average molecular weight is 327 g/mol. The molecule has 2 aliphatic heterocycles. The molecule has 2 aliphatic rings. The third-order valence-corrected chi connectivity index (χ3v) is 4.45. The standard InChI is InChI=1S/C20H25NO3/c1-14-6-7-16-17(12-14)23-11-9-20(16)13-15(2)8-10-21(20)18(22)24-19(3,4)5/h6-7,9,11-12H,2,8,10,13H2,1,3-5H3/t20-/m0/s1. The van der Waals surface area contributed by atoms with Gasteiger partial charge in [0.1, 0.15) is 16.9 Å². The average Bonchev–Trinajstić information content (AvgIpc) is 2.45. The molecule has 0 saturated carbocycles. The third kappa shape index (κ3) is 2.93. The highest BCUT2D eigenvalue weighted by atomic mass is 16.6. The maximum Gasteiger partial charge on any atom is 0.411 e. The number of rotatable bonds is 0. The third-order valence-electron chi connectivity index (χ3n) is 4.45.